The van der Waals surface area contributed by atoms with E-state index in [1.165, 1.54) is 0 Å². The van der Waals surface area contributed by atoms with E-state index in [1.807, 2.05) is 26.1 Å². The van der Waals surface area contributed by atoms with E-state index < -0.39 is 6.04 Å². The summed E-state index contributed by atoms with van der Waals surface area (Å²) in [5.74, 6) is 0.289. The number of thiocarbonyl (C=S) groups is 1. The monoisotopic (exact) mass is 395 g/mol. The van der Waals surface area contributed by atoms with Gasteiger partial charge in [-0.25, -0.2) is 0 Å². The molecule has 0 saturated heterocycles. The predicted molar refractivity (Wildman–Crippen MR) is 111 cm³/mol. The molecule has 2 aromatic rings. The van der Waals surface area contributed by atoms with Crippen LogP contribution in [-0.2, 0) is 11.8 Å². The second kappa shape index (κ2) is 7.74. The summed E-state index contributed by atoms with van der Waals surface area (Å²) in [6.07, 6.45) is 0. The minimum absolute atomic E-state index is 0.281. The topological polar surface area (TPSA) is 91.1 Å². The third kappa shape index (κ3) is 3.44. The molecule has 0 radical (unpaired) electrons. The van der Waals surface area contributed by atoms with Gasteiger partial charge in [-0.3, -0.25) is 4.79 Å². The number of benzene rings is 1. The Balaban J connectivity index is 2.03. The number of amides is 1. The highest BCUT2D eigenvalue weighted by Gasteiger charge is 2.32. The summed E-state index contributed by atoms with van der Waals surface area (Å²) < 4.78 is 7.12. The van der Waals surface area contributed by atoms with E-state index in [0.29, 0.717) is 33.5 Å². The van der Waals surface area contributed by atoms with E-state index in [-0.39, 0.29) is 5.91 Å². The van der Waals surface area contributed by atoms with Gasteiger partial charge in [0.15, 0.2) is 5.11 Å². The zero-order valence-electron chi connectivity index (χ0n) is 16.1. The van der Waals surface area contributed by atoms with Crippen LogP contribution >= 0.6 is 12.2 Å². The van der Waals surface area contributed by atoms with Crippen molar-refractivity contribution in [2.75, 3.05) is 12.4 Å². The van der Waals surface area contributed by atoms with Gasteiger partial charge in [-0.2, -0.15) is 5.26 Å². The Morgan fingerprint density at radius 2 is 2.07 bits per heavy atom. The number of nitrogens with one attached hydrogen (secondary N) is 3. The Labute approximate surface area is 169 Å². The summed E-state index contributed by atoms with van der Waals surface area (Å²) in [5.41, 5.74) is 3.95. The first-order valence-corrected chi connectivity index (χ1v) is 9.07. The summed E-state index contributed by atoms with van der Waals surface area (Å²) in [6, 6.07) is 10.7. The molecule has 1 aliphatic rings. The minimum Gasteiger partial charge on any atom is -0.495 e. The normalized spacial score (nSPS) is 16.1. The van der Waals surface area contributed by atoms with Crippen LogP contribution in [0.1, 0.15) is 29.9 Å². The Morgan fingerprint density at radius 3 is 2.71 bits per heavy atom. The molecule has 1 atom stereocenters. The van der Waals surface area contributed by atoms with Crippen molar-refractivity contribution >= 4 is 28.9 Å². The molecule has 144 valence electrons. The van der Waals surface area contributed by atoms with Crippen LogP contribution in [0.25, 0.3) is 0 Å². The van der Waals surface area contributed by atoms with Crippen molar-refractivity contribution in [1.29, 1.82) is 5.26 Å². The van der Waals surface area contributed by atoms with Crippen LogP contribution < -0.4 is 20.7 Å². The number of anilines is 1. The van der Waals surface area contributed by atoms with Crippen molar-refractivity contribution in [3.63, 3.8) is 0 Å². The smallest absolute Gasteiger partial charge is 0.255 e. The number of nitriles is 1. The number of aromatic nitrogens is 1. The number of allylic oxidation sites excluding steroid dienone is 1. The lowest BCUT2D eigenvalue weighted by Crippen LogP contribution is -2.45. The summed E-state index contributed by atoms with van der Waals surface area (Å²) in [4.78, 5) is 13.2. The maximum absolute atomic E-state index is 13.2. The maximum Gasteiger partial charge on any atom is 0.255 e. The van der Waals surface area contributed by atoms with Crippen molar-refractivity contribution < 1.29 is 9.53 Å². The van der Waals surface area contributed by atoms with Gasteiger partial charge in [-0.1, -0.05) is 12.1 Å². The molecule has 1 aliphatic heterocycles. The lowest BCUT2D eigenvalue weighted by molar-refractivity contribution is -0.113. The maximum atomic E-state index is 13.2. The first kappa shape index (κ1) is 19.5. The van der Waals surface area contributed by atoms with Crippen molar-refractivity contribution in [2.24, 2.45) is 7.05 Å². The van der Waals surface area contributed by atoms with Crippen LogP contribution in [0.3, 0.4) is 0 Å². The Kier molecular flexibility index (Phi) is 5.38. The van der Waals surface area contributed by atoms with Gasteiger partial charge in [0.25, 0.3) is 5.91 Å². The molecule has 3 N–H and O–H groups in total. The number of ether oxygens (including phenoxy) is 1. The fourth-order valence-electron chi connectivity index (χ4n) is 3.29. The van der Waals surface area contributed by atoms with Crippen LogP contribution in [0.2, 0.25) is 0 Å². The Morgan fingerprint density at radius 1 is 1.36 bits per heavy atom. The molecular weight excluding hydrogens is 374 g/mol. The van der Waals surface area contributed by atoms with E-state index in [1.54, 1.807) is 36.8 Å². The number of carbonyl (C=O) groups is 1. The van der Waals surface area contributed by atoms with Gasteiger partial charge < -0.3 is 25.3 Å². The molecule has 3 rings (SSSR count). The van der Waals surface area contributed by atoms with Gasteiger partial charge in [0.2, 0.25) is 0 Å². The quantitative estimate of drug-likeness (QED) is 0.690. The number of hydrogen-bond acceptors (Lipinski definition) is 4. The van der Waals surface area contributed by atoms with Crippen LogP contribution in [-0.4, -0.2) is 22.7 Å². The van der Waals surface area contributed by atoms with E-state index >= 15 is 0 Å². The van der Waals surface area contributed by atoms with Crippen LogP contribution in [0, 0.1) is 18.3 Å². The standard InChI is InChI=1S/C20H21N5O2S/c1-11-17(19(26)23-15-7-5-6-8-16(15)27-4)18(24-20(28)22-11)14-9-13(10-21)25(3)12(14)2/h5-9,18H,1-4H3,(H,23,26)(H2,22,24,28)/t18-/m1/s1. The lowest BCUT2D eigenvalue weighted by atomic mass is 9.95. The van der Waals surface area contributed by atoms with Gasteiger partial charge in [0.05, 0.1) is 24.4 Å². The fourth-order valence-corrected chi connectivity index (χ4v) is 3.56. The molecular formula is C20H21N5O2S. The highest BCUT2D eigenvalue weighted by Crippen LogP contribution is 2.32. The molecule has 7 nitrogen and oxygen atoms in total. The van der Waals surface area contributed by atoms with Gasteiger partial charge in [0, 0.05) is 24.0 Å². The van der Waals surface area contributed by atoms with Gasteiger partial charge in [-0.05, 0) is 44.3 Å². The number of para-hydroxylation sites is 2. The number of nitrogens with zero attached hydrogens (tertiary/aromatic N) is 2. The first-order chi connectivity index (χ1) is 13.4. The molecule has 0 saturated carbocycles. The molecule has 0 unspecified atom stereocenters. The molecule has 0 bridgehead atoms. The van der Waals surface area contributed by atoms with Gasteiger partial charge in [0.1, 0.15) is 17.5 Å². The largest absolute Gasteiger partial charge is 0.495 e. The highest BCUT2D eigenvalue weighted by atomic mass is 32.1. The molecule has 0 aliphatic carbocycles. The zero-order chi connectivity index (χ0) is 20.4. The number of carbonyl (C=O) groups excluding carboxylic acids is 1. The second-order valence-corrected chi connectivity index (χ2v) is 6.87. The third-order valence-electron chi connectivity index (χ3n) is 4.87. The summed E-state index contributed by atoms with van der Waals surface area (Å²) in [5, 5.41) is 18.9. The fraction of sp³-hybridized carbons (Fsp3) is 0.250. The predicted octanol–water partition coefficient (Wildman–Crippen LogP) is 2.65. The molecule has 1 amide bonds. The average Bonchev–Trinajstić information content (AvgIpc) is 2.95. The average molecular weight is 395 g/mol. The van der Waals surface area contributed by atoms with Crippen molar-refractivity contribution in [3.8, 4) is 11.8 Å². The Bertz CT molecular complexity index is 1030. The molecule has 0 fully saturated rings. The molecule has 2 heterocycles. The van der Waals surface area contributed by atoms with E-state index in [4.69, 9.17) is 17.0 Å². The SMILES string of the molecule is COc1ccccc1NC(=O)C1=C(C)NC(=S)N[C@@H]1c1cc(C#N)n(C)c1C. The van der Waals surface area contributed by atoms with Crippen LogP contribution in [0.15, 0.2) is 41.6 Å². The number of rotatable bonds is 4. The molecule has 1 aromatic heterocycles. The van der Waals surface area contributed by atoms with E-state index in [2.05, 4.69) is 22.0 Å². The summed E-state index contributed by atoms with van der Waals surface area (Å²) >= 11 is 5.30. The third-order valence-corrected chi connectivity index (χ3v) is 5.09. The summed E-state index contributed by atoms with van der Waals surface area (Å²) in [6.45, 7) is 3.72. The molecule has 8 heteroatoms. The molecule has 0 spiro atoms. The minimum atomic E-state index is -0.475. The number of hydrogen-bond donors (Lipinski definition) is 3. The second-order valence-electron chi connectivity index (χ2n) is 6.47. The van der Waals surface area contributed by atoms with Crippen LogP contribution in [0.4, 0.5) is 5.69 Å². The number of methoxy groups -OCH3 is 1. The molecule has 28 heavy (non-hydrogen) atoms. The summed E-state index contributed by atoms with van der Waals surface area (Å²) in [7, 11) is 3.37. The first-order valence-electron chi connectivity index (χ1n) is 8.66. The zero-order valence-corrected chi connectivity index (χ0v) is 16.9. The molecule has 1 aromatic carbocycles. The Hall–Kier alpha value is -3.31. The van der Waals surface area contributed by atoms with E-state index in [0.717, 1.165) is 11.3 Å². The van der Waals surface area contributed by atoms with Crippen molar-refractivity contribution in [2.45, 2.75) is 19.9 Å². The van der Waals surface area contributed by atoms with Crippen molar-refractivity contribution in [1.82, 2.24) is 15.2 Å². The lowest BCUT2D eigenvalue weighted by Gasteiger charge is -2.30. The van der Waals surface area contributed by atoms with Gasteiger partial charge in [-0.15, -0.1) is 0 Å². The highest BCUT2D eigenvalue weighted by molar-refractivity contribution is 7.80. The van der Waals surface area contributed by atoms with Crippen molar-refractivity contribution in [3.05, 3.63) is 58.6 Å². The van der Waals surface area contributed by atoms with Crippen LogP contribution in [0.5, 0.6) is 5.75 Å². The van der Waals surface area contributed by atoms with Gasteiger partial charge >= 0.3 is 0 Å². The van der Waals surface area contributed by atoms with E-state index in [9.17, 15) is 10.1 Å².